The van der Waals surface area contributed by atoms with E-state index >= 15 is 0 Å². The Labute approximate surface area is 87.6 Å². The molecule has 0 radical (unpaired) electrons. The van der Waals surface area contributed by atoms with E-state index in [-0.39, 0.29) is 11.5 Å². The lowest BCUT2D eigenvalue weighted by molar-refractivity contribution is 0.408. The number of thiophene rings is 1. The van der Waals surface area contributed by atoms with Crippen molar-refractivity contribution in [2.75, 3.05) is 0 Å². The highest BCUT2D eigenvalue weighted by atomic mass is 79.9. The molecule has 68 valence electrons. The van der Waals surface area contributed by atoms with Crippen LogP contribution in [0, 0.1) is 0 Å². The van der Waals surface area contributed by atoms with Crippen LogP contribution in [-0.4, -0.2) is 10.2 Å². The van der Waals surface area contributed by atoms with Crippen LogP contribution >= 0.6 is 27.3 Å². The number of alkyl halides is 1. The van der Waals surface area contributed by atoms with Crippen molar-refractivity contribution in [2.24, 2.45) is 0 Å². The zero-order valence-electron chi connectivity index (χ0n) is 6.62. The fraction of sp³-hybridized carbons (Fsp3) is 0.111. The standard InChI is InChI=1S/C9H7BrO2S/c10-3-5-4-13-7-2-1-6(11)9(12)8(5)7/h1-2,4,11-12H,3H2. The van der Waals surface area contributed by atoms with Gasteiger partial charge in [0.15, 0.2) is 11.5 Å². The number of phenols is 2. The maximum Gasteiger partial charge on any atom is 0.166 e. The number of hydrogen-bond acceptors (Lipinski definition) is 3. The predicted molar refractivity (Wildman–Crippen MR) is 57.8 cm³/mol. The zero-order valence-corrected chi connectivity index (χ0v) is 9.02. The molecule has 2 N–H and O–H groups in total. The molecule has 0 aliphatic carbocycles. The fourth-order valence-corrected chi connectivity index (χ4v) is 2.88. The summed E-state index contributed by atoms with van der Waals surface area (Å²) >= 11 is 4.89. The van der Waals surface area contributed by atoms with Gasteiger partial charge >= 0.3 is 0 Å². The highest BCUT2D eigenvalue weighted by Gasteiger charge is 2.10. The Morgan fingerprint density at radius 2 is 2.08 bits per heavy atom. The van der Waals surface area contributed by atoms with Gasteiger partial charge in [0.05, 0.1) is 0 Å². The third-order valence-corrected chi connectivity index (χ3v) is 3.51. The number of aromatic hydroxyl groups is 2. The van der Waals surface area contributed by atoms with Crippen molar-refractivity contribution >= 4 is 37.4 Å². The maximum atomic E-state index is 9.59. The Hall–Kier alpha value is -0.740. The van der Waals surface area contributed by atoms with Crippen LogP contribution in [0.2, 0.25) is 0 Å². The van der Waals surface area contributed by atoms with Crippen LogP contribution in [-0.2, 0) is 5.33 Å². The lowest BCUT2D eigenvalue weighted by atomic mass is 10.1. The SMILES string of the molecule is Oc1ccc2scc(CBr)c2c1O. The molecule has 13 heavy (non-hydrogen) atoms. The fourth-order valence-electron chi connectivity index (χ4n) is 1.26. The molecule has 0 saturated carbocycles. The number of hydrogen-bond donors (Lipinski definition) is 2. The third-order valence-electron chi connectivity index (χ3n) is 1.91. The van der Waals surface area contributed by atoms with Crippen molar-refractivity contribution in [1.29, 1.82) is 0 Å². The van der Waals surface area contributed by atoms with E-state index in [0.29, 0.717) is 5.33 Å². The second-order valence-electron chi connectivity index (χ2n) is 2.70. The Bertz CT molecular complexity index is 450. The summed E-state index contributed by atoms with van der Waals surface area (Å²) in [6.07, 6.45) is 0. The van der Waals surface area contributed by atoms with E-state index in [9.17, 15) is 10.2 Å². The molecule has 0 fully saturated rings. The molecule has 2 nitrogen and oxygen atoms in total. The van der Waals surface area contributed by atoms with Gasteiger partial charge in [0.2, 0.25) is 0 Å². The summed E-state index contributed by atoms with van der Waals surface area (Å²) in [6.45, 7) is 0. The van der Waals surface area contributed by atoms with E-state index in [2.05, 4.69) is 15.9 Å². The van der Waals surface area contributed by atoms with Crippen LogP contribution in [0.3, 0.4) is 0 Å². The first-order valence-corrected chi connectivity index (χ1v) is 5.71. The van der Waals surface area contributed by atoms with E-state index < -0.39 is 0 Å². The number of halogens is 1. The van der Waals surface area contributed by atoms with Gasteiger partial charge in [0.25, 0.3) is 0 Å². The van der Waals surface area contributed by atoms with Crippen LogP contribution < -0.4 is 0 Å². The molecule has 0 atom stereocenters. The van der Waals surface area contributed by atoms with Crippen LogP contribution in [0.1, 0.15) is 5.56 Å². The van der Waals surface area contributed by atoms with Crippen molar-refractivity contribution < 1.29 is 10.2 Å². The van der Waals surface area contributed by atoms with Crippen LogP contribution in [0.25, 0.3) is 10.1 Å². The average molecular weight is 259 g/mol. The lowest BCUT2D eigenvalue weighted by Crippen LogP contribution is -1.75. The molecular formula is C9H7BrO2S. The Morgan fingerprint density at radius 3 is 2.77 bits per heavy atom. The maximum absolute atomic E-state index is 9.59. The molecule has 0 aliphatic heterocycles. The largest absolute Gasteiger partial charge is 0.504 e. The summed E-state index contributed by atoms with van der Waals surface area (Å²) in [5.74, 6) is -0.0821. The summed E-state index contributed by atoms with van der Waals surface area (Å²) < 4.78 is 0.991. The van der Waals surface area contributed by atoms with Crippen molar-refractivity contribution in [3.8, 4) is 11.5 Å². The molecule has 1 aromatic carbocycles. The molecule has 0 saturated heterocycles. The minimum Gasteiger partial charge on any atom is -0.504 e. The second kappa shape index (κ2) is 3.20. The van der Waals surface area contributed by atoms with Gasteiger partial charge in [-0.25, -0.2) is 0 Å². The van der Waals surface area contributed by atoms with Gasteiger partial charge < -0.3 is 10.2 Å². The minimum atomic E-state index is -0.0619. The molecule has 2 rings (SSSR count). The predicted octanol–water partition coefficient (Wildman–Crippen LogP) is 3.21. The molecule has 0 amide bonds. The van der Waals surface area contributed by atoms with E-state index in [1.54, 1.807) is 17.4 Å². The van der Waals surface area contributed by atoms with Gasteiger partial charge in [-0.05, 0) is 23.1 Å². The smallest absolute Gasteiger partial charge is 0.166 e. The third kappa shape index (κ3) is 1.30. The minimum absolute atomic E-state index is 0.0202. The summed E-state index contributed by atoms with van der Waals surface area (Å²) in [5, 5.41) is 22.3. The van der Waals surface area contributed by atoms with Crippen molar-refractivity contribution in [3.63, 3.8) is 0 Å². The topological polar surface area (TPSA) is 40.5 Å². The first-order chi connectivity index (χ1) is 6.24. The monoisotopic (exact) mass is 258 g/mol. The Morgan fingerprint density at radius 1 is 1.31 bits per heavy atom. The van der Waals surface area contributed by atoms with Gasteiger partial charge in [-0.15, -0.1) is 11.3 Å². The highest BCUT2D eigenvalue weighted by molar-refractivity contribution is 9.08. The van der Waals surface area contributed by atoms with Gasteiger partial charge in [0, 0.05) is 15.4 Å². The average Bonchev–Trinajstić information content (AvgIpc) is 2.55. The van der Waals surface area contributed by atoms with E-state index in [4.69, 9.17) is 0 Å². The van der Waals surface area contributed by atoms with Gasteiger partial charge in [0.1, 0.15) is 0 Å². The first kappa shape index (κ1) is 8.84. The number of fused-ring (bicyclic) bond motifs is 1. The van der Waals surface area contributed by atoms with Crippen molar-refractivity contribution in [1.82, 2.24) is 0 Å². The molecule has 4 heteroatoms. The van der Waals surface area contributed by atoms with Gasteiger partial charge in [-0.3, -0.25) is 0 Å². The molecule has 0 aliphatic rings. The van der Waals surface area contributed by atoms with E-state index in [1.807, 2.05) is 5.38 Å². The van der Waals surface area contributed by atoms with Crippen molar-refractivity contribution in [3.05, 3.63) is 23.1 Å². The van der Waals surface area contributed by atoms with Crippen LogP contribution in [0.15, 0.2) is 17.5 Å². The lowest BCUT2D eigenvalue weighted by Gasteiger charge is -2.00. The molecule has 0 bridgehead atoms. The quantitative estimate of drug-likeness (QED) is 0.609. The molecule has 1 heterocycles. The molecule has 0 spiro atoms. The molecule has 2 aromatic rings. The van der Waals surface area contributed by atoms with Gasteiger partial charge in [-0.1, -0.05) is 15.9 Å². The Kier molecular flexibility index (Phi) is 2.17. The number of benzene rings is 1. The van der Waals surface area contributed by atoms with E-state index in [1.165, 1.54) is 6.07 Å². The number of rotatable bonds is 1. The number of phenolic OH excluding ortho intramolecular Hbond substituents is 2. The molecule has 1 aromatic heterocycles. The molecular weight excluding hydrogens is 252 g/mol. The van der Waals surface area contributed by atoms with E-state index in [0.717, 1.165) is 15.6 Å². The summed E-state index contributed by atoms with van der Waals surface area (Å²) in [7, 11) is 0. The Balaban J connectivity index is 2.85. The van der Waals surface area contributed by atoms with Gasteiger partial charge in [-0.2, -0.15) is 0 Å². The first-order valence-electron chi connectivity index (χ1n) is 3.71. The molecule has 0 unspecified atom stereocenters. The normalized spacial score (nSPS) is 10.8. The summed E-state index contributed by atoms with van der Waals surface area (Å²) in [6, 6.07) is 3.31. The zero-order chi connectivity index (χ0) is 9.42. The van der Waals surface area contributed by atoms with Crippen molar-refractivity contribution in [2.45, 2.75) is 5.33 Å². The summed E-state index contributed by atoms with van der Waals surface area (Å²) in [4.78, 5) is 0. The van der Waals surface area contributed by atoms with Crippen LogP contribution in [0.4, 0.5) is 0 Å². The summed E-state index contributed by atoms with van der Waals surface area (Å²) in [5.41, 5.74) is 1.01. The van der Waals surface area contributed by atoms with Crippen LogP contribution in [0.5, 0.6) is 11.5 Å². The second-order valence-corrected chi connectivity index (χ2v) is 4.17. The highest BCUT2D eigenvalue weighted by Crippen LogP contribution is 2.39.